The van der Waals surface area contributed by atoms with Crippen LogP contribution in [0.5, 0.6) is 0 Å². The van der Waals surface area contributed by atoms with Gasteiger partial charge in [0.2, 0.25) is 0 Å². The van der Waals surface area contributed by atoms with Gasteiger partial charge in [-0.1, -0.05) is 15.9 Å². The minimum Gasteiger partial charge on any atom is -0.465 e. The Balaban J connectivity index is 3.03. The molecule has 1 rings (SSSR count). The molecule has 1 N–H and O–H groups in total. The second-order valence-corrected chi connectivity index (χ2v) is 4.70. The Morgan fingerprint density at radius 1 is 1.45 bits per heavy atom. The number of benzene rings is 1. The van der Waals surface area contributed by atoms with E-state index in [0.717, 1.165) is 12.1 Å². The highest BCUT2D eigenvalue weighted by molar-refractivity contribution is 9.10. The van der Waals surface area contributed by atoms with E-state index in [4.69, 9.17) is 4.74 Å². The minimum atomic E-state index is -4.50. The maximum Gasteiger partial charge on any atom is 0.401 e. The van der Waals surface area contributed by atoms with Gasteiger partial charge in [-0.3, -0.25) is 5.32 Å². The first-order valence-corrected chi connectivity index (χ1v) is 6.45. The van der Waals surface area contributed by atoms with Gasteiger partial charge in [-0.25, -0.2) is 9.18 Å². The lowest BCUT2D eigenvalue weighted by atomic mass is 10.1. The first-order chi connectivity index (χ1) is 9.24. The molecule has 1 aromatic rings. The predicted octanol–water partition coefficient (Wildman–Crippen LogP) is 3.34. The summed E-state index contributed by atoms with van der Waals surface area (Å²) >= 11 is 3.08. The van der Waals surface area contributed by atoms with Crippen LogP contribution in [0.25, 0.3) is 0 Å². The number of esters is 1. The van der Waals surface area contributed by atoms with E-state index in [0.29, 0.717) is 4.47 Å². The average molecular weight is 358 g/mol. The first-order valence-electron chi connectivity index (χ1n) is 5.66. The zero-order valence-electron chi connectivity index (χ0n) is 10.4. The van der Waals surface area contributed by atoms with E-state index in [1.165, 1.54) is 13.0 Å². The molecule has 1 aromatic carbocycles. The Morgan fingerprint density at radius 3 is 2.65 bits per heavy atom. The highest BCUT2D eigenvalue weighted by atomic mass is 79.9. The lowest BCUT2D eigenvalue weighted by molar-refractivity contribution is -0.149. The Morgan fingerprint density at radius 2 is 2.10 bits per heavy atom. The Bertz CT molecular complexity index is 479. The quantitative estimate of drug-likeness (QED) is 0.648. The molecule has 0 saturated heterocycles. The van der Waals surface area contributed by atoms with Crippen molar-refractivity contribution in [3.8, 4) is 0 Å². The maximum absolute atomic E-state index is 13.2. The number of alkyl halides is 3. The fraction of sp³-hybridized carbons (Fsp3) is 0.417. The Kier molecular flexibility index (Phi) is 5.94. The number of halogens is 5. The van der Waals surface area contributed by atoms with Crippen LogP contribution < -0.4 is 5.32 Å². The normalized spacial score (nSPS) is 13.1. The van der Waals surface area contributed by atoms with Gasteiger partial charge in [0.25, 0.3) is 0 Å². The van der Waals surface area contributed by atoms with Gasteiger partial charge >= 0.3 is 12.1 Å². The Hall–Kier alpha value is -1.15. The van der Waals surface area contributed by atoms with Crippen LogP contribution in [0.3, 0.4) is 0 Å². The predicted molar refractivity (Wildman–Crippen MR) is 67.5 cm³/mol. The topological polar surface area (TPSA) is 38.3 Å². The highest BCUT2D eigenvalue weighted by Gasteiger charge is 2.32. The van der Waals surface area contributed by atoms with E-state index in [1.54, 1.807) is 0 Å². The number of carbonyl (C=O) groups excluding carboxylic acids is 1. The molecular weight excluding hydrogens is 346 g/mol. The van der Waals surface area contributed by atoms with E-state index in [1.807, 2.05) is 5.32 Å². The van der Waals surface area contributed by atoms with Gasteiger partial charge in [0.1, 0.15) is 11.9 Å². The molecule has 0 aliphatic carbocycles. The summed E-state index contributed by atoms with van der Waals surface area (Å²) in [5.74, 6) is -1.56. The SMILES string of the molecule is CCOC(=O)C(NCC(F)(F)F)c1cc(F)ccc1Br. The van der Waals surface area contributed by atoms with Gasteiger partial charge in [-0.15, -0.1) is 0 Å². The minimum absolute atomic E-state index is 0.00989. The summed E-state index contributed by atoms with van der Waals surface area (Å²) in [6.07, 6.45) is -4.50. The third kappa shape index (κ3) is 5.09. The van der Waals surface area contributed by atoms with Gasteiger partial charge < -0.3 is 4.74 Å². The fourth-order valence-corrected chi connectivity index (χ4v) is 1.98. The van der Waals surface area contributed by atoms with Crippen LogP contribution in [0.4, 0.5) is 17.6 Å². The largest absolute Gasteiger partial charge is 0.465 e. The number of carbonyl (C=O) groups is 1. The van der Waals surface area contributed by atoms with Crippen LogP contribution >= 0.6 is 15.9 Å². The molecule has 0 amide bonds. The molecule has 1 unspecified atom stereocenters. The number of ether oxygens (including phenoxy) is 1. The van der Waals surface area contributed by atoms with Crippen molar-refractivity contribution >= 4 is 21.9 Å². The van der Waals surface area contributed by atoms with E-state index >= 15 is 0 Å². The van der Waals surface area contributed by atoms with Crippen molar-refractivity contribution in [2.75, 3.05) is 13.2 Å². The maximum atomic E-state index is 13.2. The Labute approximate surface area is 121 Å². The molecule has 0 saturated carbocycles. The molecule has 8 heteroatoms. The molecule has 0 aliphatic rings. The van der Waals surface area contributed by atoms with Gasteiger partial charge in [0.15, 0.2) is 0 Å². The van der Waals surface area contributed by atoms with Crippen LogP contribution in [-0.2, 0) is 9.53 Å². The van der Waals surface area contributed by atoms with Crippen LogP contribution in [-0.4, -0.2) is 25.3 Å². The molecular formula is C12H12BrF4NO2. The van der Waals surface area contributed by atoms with Crippen molar-refractivity contribution < 1.29 is 27.1 Å². The molecule has 0 spiro atoms. The summed E-state index contributed by atoms with van der Waals surface area (Å²) in [6.45, 7) is 0.148. The third-order valence-corrected chi connectivity index (χ3v) is 3.02. The van der Waals surface area contributed by atoms with Crippen LogP contribution in [0.15, 0.2) is 22.7 Å². The van der Waals surface area contributed by atoms with Gasteiger partial charge in [0, 0.05) is 4.47 Å². The lowest BCUT2D eigenvalue weighted by Crippen LogP contribution is -2.37. The number of rotatable bonds is 5. The van der Waals surface area contributed by atoms with Crippen molar-refractivity contribution in [1.29, 1.82) is 0 Å². The van der Waals surface area contributed by atoms with Crippen molar-refractivity contribution in [3.63, 3.8) is 0 Å². The molecule has 0 aliphatic heterocycles. The summed E-state index contributed by atoms with van der Waals surface area (Å²) in [7, 11) is 0. The van der Waals surface area contributed by atoms with Crippen molar-refractivity contribution in [2.24, 2.45) is 0 Å². The summed E-state index contributed by atoms with van der Waals surface area (Å²) < 4.78 is 55.0. The number of nitrogens with one attached hydrogen (secondary N) is 1. The fourth-order valence-electron chi connectivity index (χ4n) is 1.50. The summed E-state index contributed by atoms with van der Waals surface area (Å²) in [5.41, 5.74) is 0.0488. The molecule has 0 aromatic heterocycles. The van der Waals surface area contributed by atoms with E-state index in [2.05, 4.69) is 15.9 Å². The van der Waals surface area contributed by atoms with Crippen molar-refractivity contribution in [2.45, 2.75) is 19.1 Å². The average Bonchev–Trinajstić information content (AvgIpc) is 2.32. The molecule has 0 fully saturated rings. The molecule has 3 nitrogen and oxygen atoms in total. The highest BCUT2D eigenvalue weighted by Crippen LogP contribution is 2.26. The smallest absolute Gasteiger partial charge is 0.401 e. The second-order valence-electron chi connectivity index (χ2n) is 3.85. The third-order valence-electron chi connectivity index (χ3n) is 2.30. The van der Waals surface area contributed by atoms with E-state index < -0.39 is 30.5 Å². The molecule has 0 bridgehead atoms. The molecule has 0 radical (unpaired) electrons. The number of hydrogen-bond acceptors (Lipinski definition) is 3. The molecule has 20 heavy (non-hydrogen) atoms. The molecule has 0 heterocycles. The number of hydrogen-bond donors (Lipinski definition) is 1. The summed E-state index contributed by atoms with van der Waals surface area (Å²) in [5, 5.41) is 2.03. The summed E-state index contributed by atoms with van der Waals surface area (Å²) in [4.78, 5) is 11.7. The van der Waals surface area contributed by atoms with Crippen molar-refractivity contribution in [3.05, 3.63) is 34.1 Å². The zero-order valence-corrected chi connectivity index (χ0v) is 12.0. The van der Waals surface area contributed by atoms with Gasteiger partial charge in [0.05, 0.1) is 13.2 Å². The van der Waals surface area contributed by atoms with E-state index in [-0.39, 0.29) is 12.2 Å². The lowest BCUT2D eigenvalue weighted by Gasteiger charge is -2.19. The molecule has 1 atom stereocenters. The summed E-state index contributed by atoms with van der Waals surface area (Å²) in [6, 6.07) is 2.02. The van der Waals surface area contributed by atoms with Crippen LogP contribution in [0.2, 0.25) is 0 Å². The van der Waals surface area contributed by atoms with Crippen LogP contribution in [0, 0.1) is 5.82 Å². The molecule has 112 valence electrons. The van der Waals surface area contributed by atoms with Crippen LogP contribution in [0.1, 0.15) is 18.5 Å². The zero-order chi connectivity index (χ0) is 15.3. The first kappa shape index (κ1) is 16.9. The monoisotopic (exact) mass is 357 g/mol. The van der Waals surface area contributed by atoms with Crippen molar-refractivity contribution in [1.82, 2.24) is 5.32 Å². The van der Waals surface area contributed by atoms with Gasteiger partial charge in [-0.05, 0) is 30.7 Å². The standard InChI is InChI=1S/C12H12BrF4NO2/c1-2-20-11(19)10(18-6-12(15,16)17)8-5-7(14)3-4-9(8)13/h3-5,10,18H,2,6H2,1H3. The van der Waals surface area contributed by atoms with E-state index in [9.17, 15) is 22.4 Å². The second kappa shape index (κ2) is 7.03. The van der Waals surface area contributed by atoms with Gasteiger partial charge in [-0.2, -0.15) is 13.2 Å².